The van der Waals surface area contributed by atoms with Crippen LogP contribution in [0, 0.1) is 11.7 Å². The van der Waals surface area contributed by atoms with E-state index in [4.69, 9.17) is 0 Å². The van der Waals surface area contributed by atoms with Crippen LogP contribution >= 0.6 is 15.9 Å². The van der Waals surface area contributed by atoms with E-state index in [1.807, 2.05) is 12.1 Å². The van der Waals surface area contributed by atoms with Crippen LogP contribution in [0.5, 0.6) is 0 Å². The summed E-state index contributed by atoms with van der Waals surface area (Å²) in [4.78, 5) is 0. The molecule has 0 unspecified atom stereocenters. The third-order valence-corrected chi connectivity index (χ3v) is 3.48. The molecule has 82 valence electrons. The predicted molar refractivity (Wildman–Crippen MR) is 63.4 cm³/mol. The summed E-state index contributed by atoms with van der Waals surface area (Å²) in [5, 5.41) is 3.32. The van der Waals surface area contributed by atoms with Crippen molar-refractivity contribution in [2.24, 2.45) is 5.92 Å². The minimum absolute atomic E-state index is 0.0806. The van der Waals surface area contributed by atoms with Crippen LogP contribution in [-0.2, 0) is 6.42 Å². The SMILES string of the molecule is Fc1cc(Br)ccc1CC1CCNCC1. The first kappa shape index (κ1) is 11.1. The van der Waals surface area contributed by atoms with E-state index in [0.717, 1.165) is 42.4 Å². The monoisotopic (exact) mass is 271 g/mol. The van der Waals surface area contributed by atoms with Gasteiger partial charge in [0.15, 0.2) is 0 Å². The lowest BCUT2D eigenvalue weighted by atomic mass is 9.91. The molecular formula is C12H15BrFN. The molecule has 15 heavy (non-hydrogen) atoms. The second-order valence-corrected chi connectivity index (χ2v) is 5.05. The predicted octanol–water partition coefficient (Wildman–Crippen LogP) is 3.13. The van der Waals surface area contributed by atoms with Crippen molar-refractivity contribution in [1.82, 2.24) is 5.32 Å². The molecule has 1 fully saturated rings. The molecule has 0 aromatic heterocycles. The molecular weight excluding hydrogens is 257 g/mol. The summed E-state index contributed by atoms with van der Waals surface area (Å²) in [6, 6.07) is 5.36. The van der Waals surface area contributed by atoms with Gasteiger partial charge in [-0.05, 0) is 56.0 Å². The second kappa shape index (κ2) is 5.08. The minimum Gasteiger partial charge on any atom is -0.317 e. The van der Waals surface area contributed by atoms with Crippen molar-refractivity contribution >= 4 is 15.9 Å². The Hall–Kier alpha value is -0.410. The van der Waals surface area contributed by atoms with E-state index in [1.54, 1.807) is 6.07 Å². The maximum atomic E-state index is 13.6. The standard InChI is InChI=1S/C12H15BrFN/c13-11-2-1-10(12(14)8-11)7-9-3-5-15-6-4-9/h1-2,8-9,15H,3-7H2. The van der Waals surface area contributed by atoms with Crippen LogP contribution in [-0.4, -0.2) is 13.1 Å². The Balaban J connectivity index is 2.03. The lowest BCUT2D eigenvalue weighted by Gasteiger charge is -2.22. The summed E-state index contributed by atoms with van der Waals surface area (Å²) in [6.07, 6.45) is 3.20. The highest BCUT2D eigenvalue weighted by atomic mass is 79.9. The Morgan fingerprint density at radius 2 is 2.07 bits per heavy atom. The topological polar surface area (TPSA) is 12.0 Å². The van der Waals surface area contributed by atoms with Gasteiger partial charge in [-0.2, -0.15) is 0 Å². The van der Waals surface area contributed by atoms with Crippen molar-refractivity contribution in [3.63, 3.8) is 0 Å². The van der Waals surface area contributed by atoms with Crippen LogP contribution in [0.4, 0.5) is 4.39 Å². The summed E-state index contributed by atoms with van der Waals surface area (Å²) >= 11 is 3.27. The lowest BCUT2D eigenvalue weighted by molar-refractivity contribution is 0.368. The highest BCUT2D eigenvalue weighted by Crippen LogP contribution is 2.22. The van der Waals surface area contributed by atoms with Crippen molar-refractivity contribution in [1.29, 1.82) is 0 Å². The second-order valence-electron chi connectivity index (χ2n) is 4.13. The van der Waals surface area contributed by atoms with E-state index in [1.165, 1.54) is 0 Å². The number of piperidine rings is 1. The molecule has 0 bridgehead atoms. The highest BCUT2D eigenvalue weighted by Gasteiger charge is 2.15. The average Bonchev–Trinajstić information content (AvgIpc) is 2.24. The van der Waals surface area contributed by atoms with E-state index in [-0.39, 0.29) is 5.82 Å². The van der Waals surface area contributed by atoms with Gasteiger partial charge in [0.1, 0.15) is 5.82 Å². The zero-order valence-electron chi connectivity index (χ0n) is 8.60. The van der Waals surface area contributed by atoms with Crippen molar-refractivity contribution in [3.05, 3.63) is 34.1 Å². The van der Waals surface area contributed by atoms with Crippen LogP contribution < -0.4 is 5.32 Å². The van der Waals surface area contributed by atoms with Gasteiger partial charge < -0.3 is 5.32 Å². The fourth-order valence-electron chi connectivity index (χ4n) is 2.08. The largest absolute Gasteiger partial charge is 0.317 e. The summed E-state index contributed by atoms with van der Waals surface area (Å²) in [7, 11) is 0. The first-order chi connectivity index (χ1) is 7.25. The van der Waals surface area contributed by atoms with Crippen molar-refractivity contribution < 1.29 is 4.39 Å². The van der Waals surface area contributed by atoms with E-state index in [9.17, 15) is 4.39 Å². The third kappa shape index (κ3) is 3.02. The molecule has 1 saturated heterocycles. The molecule has 0 aliphatic carbocycles. The molecule has 1 aromatic rings. The van der Waals surface area contributed by atoms with Gasteiger partial charge in [0.05, 0.1) is 0 Å². The van der Waals surface area contributed by atoms with Gasteiger partial charge in [0, 0.05) is 4.47 Å². The molecule has 0 amide bonds. The Kier molecular flexibility index (Phi) is 3.76. The van der Waals surface area contributed by atoms with Gasteiger partial charge in [-0.25, -0.2) is 4.39 Å². The first-order valence-electron chi connectivity index (χ1n) is 5.40. The fraction of sp³-hybridized carbons (Fsp3) is 0.500. The molecule has 0 spiro atoms. The molecule has 2 rings (SSSR count). The van der Waals surface area contributed by atoms with Crippen LogP contribution in [0.1, 0.15) is 18.4 Å². The van der Waals surface area contributed by atoms with Gasteiger partial charge in [-0.1, -0.05) is 22.0 Å². The summed E-state index contributed by atoms with van der Waals surface area (Å²) in [6.45, 7) is 2.14. The fourth-order valence-corrected chi connectivity index (χ4v) is 2.42. The molecule has 1 N–H and O–H groups in total. The number of rotatable bonds is 2. The minimum atomic E-state index is -0.0806. The van der Waals surface area contributed by atoms with Gasteiger partial charge in [-0.15, -0.1) is 0 Å². The summed E-state index contributed by atoms with van der Waals surface area (Å²) in [5.74, 6) is 0.560. The van der Waals surface area contributed by atoms with Crippen molar-refractivity contribution in [3.8, 4) is 0 Å². The Morgan fingerprint density at radius 3 is 2.73 bits per heavy atom. The molecule has 1 aromatic carbocycles. The van der Waals surface area contributed by atoms with E-state index >= 15 is 0 Å². The number of hydrogen-bond donors (Lipinski definition) is 1. The normalized spacial score (nSPS) is 18.0. The van der Waals surface area contributed by atoms with Gasteiger partial charge >= 0.3 is 0 Å². The Bertz CT molecular complexity index is 334. The lowest BCUT2D eigenvalue weighted by Crippen LogP contribution is -2.28. The maximum Gasteiger partial charge on any atom is 0.127 e. The quantitative estimate of drug-likeness (QED) is 0.872. The highest BCUT2D eigenvalue weighted by molar-refractivity contribution is 9.10. The molecule has 0 atom stereocenters. The number of benzene rings is 1. The van der Waals surface area contributed by atoms with Crippen molar-refractivity contribution in [2.75, 3.05) is 13.1 Å². The van der Waals surface area contributed by atoms with E-state index in [2.05, 4.69) is 21.2 Å². The van der Waals surface area contributed by atoms with E-state index < -0.39 is 0 Å². The number of halogens is 2. The molecule has 1 aliphatic rings. The van der Waals surface area contributed by atoms with Gasteiger partial charge in [0.25, 0.3) is 0 Å². The number of nitrogens with one attached hydrogen (secondary N) is 1. The molecule has 0 radical (unpaired) electrons. The maximum absolute atomic E-state index is 13.6. The zero-order chi connectivity index (χ0) is 10.7. The van der Waals surface area contributed by atoms with Crippen LogP contribution in [0.3, 0.4) is 0 Å². The Morgan fingerprint density at radius 1 is 1.33 bits per heavy atom. The summed E-state index contributed by atoms with van der Waals surface area (Å²) in [5.41, 5.74) is 0.852. The smallest absolute Gasteiger partial charge is 0.127 e. The van der Waals surface area contributed by atoms with Crippen molar-refractivity contribution in [2.45, 2.75) is 19.3 Å². The van der Waals surface area contributed by atoms with Crippen LogP contribution in [0.15, 0.2) is 22.7 Å². The number of hydrogen-bond acceptors (Lipinski definition) is 1. The van der Waals surface area contributed by atoms with Crippen LogP contribution in [0.2, 0.25) is 0 Å². The zero-order valence-corrected chi connectivity index (χ0v) is 10.2. The average molecular weight is 272 g/mol. The third-order valence-electron chi connectivity index (χ3n) is 2.98. The van der Waals surface area contributed by atoms with Gasteiger partial charge in [-0.3, -0.25) is 0 Å². The molecule has 0 saturated carbocycles. The van der Waals surface area contributed by atoms with Gasteiger partial charge in [0.2, 0.25) is 0 Å². The first-order valence-corrected chi connectivity index (χ1v) is 6.19. The molecule has 1 nitrogen and oxygen atoms in total. The molecule has 3 heteroatoms. The molecule has 1 aliphatic heterocycles. The molecule has 1 heterocycles. The summed E-state index contributed by atoms with van der Waals surface area (Å²) < 4.78 is 14.4. The Labute approximate surface area is 98.2 Å². The van der Waals surface area contributed by atoms with E-state index in [0.29, 0.717) is 5.92 Å². The van der Waals surface area contributed by atoms with Crippen LogP contribution in [0.25, 0.3) is 0 Å².